The zero-order chi connectivity index (χ0) is 7.65. The number of rotatable bonds is 2. The van der Waals surface area contributed by atoms with Crippen LogP contribution in [0, 0.1) is 0 Å². The Bertz CT molecular complexity index is 117. The molecule has 0 aliphatic rings. The molecule has 3 heteroatoms. The van der Waals surface area contributed by atoms with Gasteiger partial charge in [-0.2, -0.15) is 0 Å². The van der Waals surface area contributed by atoms with E-state index in [1.165, 1.54) is 20.8 Å². The highest BCUT2D eigenvalue weighted by molar-refractivity contribution is 14.1. The third-order valence-electron chi connectivity index (χ3n) is 0.960. The first-order chi connectivity index (χ1) is 3.85. The van der Waals surface area contributed by atoms with Gasteiger partial charge < -0.3 is 0 Å². The number of alkyl halides is 2. The summed E-state index contributed by atoms with van der Waals surface area (Å²) in [5.74, 6) is -0.108. The summed E-state index contributed by atoms with van der Waals surface area (Å²) in [4.78, 5) is 10.5. The van der Waals surface area contributed by atoms with E-state index in [0.717, 1.165) is 0 Å². The molecule has 9 heavy (non-hydrogen) atoms. The molecular weight excluding hydrogens is 234 g/mol. The number of hydrogen-bond donors (Lipinski definition) is 0. The van der Waals surface area contributed by atoms with Crippen LogP contribution in [0.3, 0.4) is 0 Å². The standard InChI is InChI=1S/C6H10FIO/c1-4(9)5(8)6(2,3)7/h5H,1-3H3. The van der Waals surface area contributed by atoms with Crippen LogP contribution in [0.2, 0.25) is 0 Å². The molecule has 0 rings (SSSR count). The van der Waals surface area contributed by atoms with Gasteiger partial charge in [0.1, 0.15) is 15.4 Å². The van der Waals surface area contributed by atoms with Gasteiger partial charge in [0.05, 0.1) is 0 Å². The van der Waals surface area contributed by atoms with Crippen molar-refractivity contribution in [3.05, 3.63) is 0 Å². The van der Waals surface area contributed by atoms with Gasteiger partial charge in [0.25, 0.3) is 0 Å². The van der Waals surface area contributed by atoms with E-state index < -0.39 is 9.59 Å². The van der Waals surface area contributed by atoms with E-state index in [0.29, 0.717) is 0 Å². The maximum absolute atomic E-state index is 12.8. The minimum atomic E-state index is -1.38. The molecule has 0 fully saturated rings. The fourth-order valence-electron chi connectivity index (χ4n) is 0.483. The quantitative estimate of drug-likeness (QED) is 0.537. The summed E-state index contributed by atoms with van der Waals surface area (Å²) in [5, 5.41) is 0. The van der Waals surface area contributed by atoms with Gasteiger partial charge in [0.15, 0.2) is 0 Å². The lowest BCUT2D eigenvalue weighted by Crippen LogP contribution is -2.31. The van der Waals surface area contributed by atoms with E-state index in [9.17, 15) is 9.18 Å². The van der Waals surface area contributed by atoms with E-state index in [-0.39, 0.29) is 5.78 Å². The van der Waals surface area contributed by atoms with E-state index in [2.05, 4.69) is 0 Å². The summed E-state index contributed by atoms with van der Waals surface area (Å²) in [5.41, 5.74) is -1.38. The summed E-state index contributed by atoms with van der Waals surface area (Å²) >= 11 is 1.81. The van der Waals surface area contributed by atoms with Crippen molar-refractivity contribution < 1.29 is 9.18 Å². The molecular formula is C6H10FIO. The molecule has 54 valence electrons. The zero-order valence-corrected chi connectivity index (χ0v) is 7.90. The predicted octanol–water partition coefficient (Wildman–Crippen LogP) is 2.13. The van der Waals surface area contributed by atoms with E-state index in [1.54, 1.807) is 0 Å². The second kappa shape index (κ2) is 2.94. The van der Waals surface area contributed by atoms with Gasteiger partial charge in [0, 0.05) is 0 Å². The zero-order valence-electron chi connectivity index (χ0n) is 5.74. The Morgan fingerprint density at radius 2 is 2.00 bits per heavy atom. The number of carbonyl (C=O) groups excluding carboxylic acids is 1. The molecule has 0 aliphatic heterocycles. The lowest BCUT2D eigenvalue weighted by molar-refractivity contribution is -0.118. The Balaban J connectivity index is 4.04. The first kappa shape index (κ1) is 9.33. The minimum absolute atomic E-state index is 0.108. The van der Waals surface area contributed by atoms with Gasteiger partial charge in [-0.1, -0.05) is 22.6 Å². The maximum atomic E-state index is 12.8. The van der Waals surface area contributed by atoms with Crippen LogP contribution in [0.25, 0.3) is 0 Å². The molecule has 0 amide bonds. The van der Waals surface area contributed by atoms with Crippen molar-refractivity contribution in [1.29, 1.82) is 0 Å². The van der Waals surface area contributed by atoms with Crippen LogP contribution in [0.1, 0.15) is 20.8 Å². The third kappa shape index (κ3) is 3.13. The number of ketones is 1. The van der Waals surface area contributed by atoms with Crippen molar-refractivity contribution in [1.82, 2.24) is 0 Å². The molecule has 0 spiro atoms. The van der Waals surface area contributed by atoms with Gasteiger partial charge in [-0.15, -0.1) is 0 Å². The normalized spacial score (nSPS) is 15.2. The Labute approximate surface area is 68.2 Å². The smallest absolute Gasteiger partial charge is 0.145 e. The van der Waals surface area contributed by atoms with Crippen molar-refractivity contribution in [2.45, 2.75) is 30.4 Å². The largest absolute Gasteiger partial charge is 0.299 e. The molecule has 0 heterocycles. The molecule has 1 nitrogen and oxygen atoms in total. The summed E-state index contributed by atoms with van der Waals surface area (Å²) < 4.78 is 12.3. The Morgan fingerprint density at radius 3 is 2.00 bits per heavy atom. The lowest BCUT2D eigenvalue weighted by atomic mass is 10.1. The molecule has 0 aromatic heterocycles. The molecule has 0 saturated heterocycles. The van der Waals surface area contributed by atoms with Crippen molar-refractivity contribution in [2.75, 3.05) is 0 Å². The Morgan fingerprint density at radius 1 is 1.67 bits per heavy atom. The van der Waals surface area contributed by atoms with E-state index >= 15 is 0 Å². The first-order valence-corrected chi connectivity index (χ1v) is 3.93. The van der Waals surface area contributed by atoms with Crippen molar-refractivity contribution in [2.24, 2.45) is 0 Å². The molecule has 0 aromatic rings. The van der Waals surface area contributed by atoms with Crippen molar-refractivity contribution in [3.8, 4) is 0 Å². The predicted molar refractivity (Wildman–Crippen MR) is 43.7 cm³/mol. The molecule has 0 aromatic carbocycles. The second-order valence-corrected chi connectivity index (χ2v) is 3.78. The van der Waals surface area contributed by atoms with Crippen LogP contribution in [0.5, 0.6) is 0 Å². The van der Waals surface area contributed by atoms with Crippen LogP contribution in [-0.2, 0) is 4.79 Å². The van der Waals surface area contributed by atoms with Gasteiger partial charge in [-0.3, -0.25) is 4.79 Å². The second-order valence-electron chi connectivity index (χ2n) is 2.54. The fraction of sp³-hybridized carbons (Fsp3) is 0.833. The molecule has 0 N–H and O–H groups in total. The van der Waals surface area contributed by atoms with Crippen LogP contribution in [0.15, 0.2) is 0 Å². The topological polar surface area (TPSA) is 17.1 Å². The first-order valence-electron chi connectivity index (χ1n) is 2.69. The molecule has 0 aliphatic carbocycles. The summed E-state index contributed by atoms with van der Waals surface area (Å²) in [7, 11) is 0. The van der Waals surface area contributed by atoms with Gasteiger partial charge in [-0.05, 0) is 20.8 Å². The molecule has 1 unspecified atom stereocenters. The molecule has 0 saturated carbocycles. The van der Waals surface area contributed by atoms with Gasteiger partial charge in [-0.25, -0.2) is 4.39 Å². The highest BCUT2D eigenvalue weighted by atomic mass is 127. The summed E-state index contributed by atoms with van der Waals surface area (Å²) in [6, 6.07) is 0. The Kier molecular flexibility index (Phi) is 3.05. The Hall–Kier alpha value is 0.330. The monoisotopic (exact) mass is 244 g/mol. The van der Waals surface area contributed by atoms with Gasteiger partial charge >= 0.3 is 0 Å². The SMILES string of the molecule is CC(=O)C(I)C(C)(C)F. The summed E-state index contributed by atoms with van der Waals surface area (Å²) in [6.45, 7) is 4.22. The van der Waals surface area contributed by atoms with Crippen LogP contribution in [0.4, 0.5) is 4.39 Å². The van der Waals surface area contributed by atoms with Gasteiger partial charge in [0.2, 0.25) is 0 Å². The van der Waals surface area contributed by atoms with E-state index in [1.807, 2.05) is 22.6 Å². The summed E-state index contributed by atoms with van der Waals surface area (Å²) in [6.07, 6.45) is 0. The fourth-order valence-corrected chi connectivity index (χ4v) is 0.483. The highest BCUT2D eigenvalue weighted by Gasteiger charge is 2.29. The van der Waals surface area contributed by atoms with Crippen molar-refractivity contribution >= 4 is 28.4 Å². The highest BCUT2D eigenvalue weighted by Crippen LogP contribution is 2.22. The van der Waals surface area contributed by atoms with Crippen LogP contribution >= 0.6 is 22.6 Å². The van der Waals surface area contributed by atoms with Crippen LogP contribution < -0.4 is 0 Å². The number of hydrogen-bond acceptors (Lipinski definition) is 1. The number of halogens is 2. The van der Waals surface area contributed by atoms with E-state index in [4.69, 9.17) is 0 Å². The minimum Gasteiger partial charge on any atom is -0.299 e. The van der Waals surface area contributed by atoms with Crippen LogP contribution in [-0.4, -0.2) is 15.4 Å². The maximum Gasteiger partial charge on any atom is 0.145 e. The average molecular weight is 244 g/mol. The third-order valence-corrected chi connectivity index (χ3v) is 3.32. The number of carbonyl (C=O) groups is 1. The van der Waals surface area contributed by atoms with Crippen molar-refractivity contribution in [3.63, 3.8) is 0 Å². The molecule has 0 radical (unpaired) electrons. The average Bonchev–Trinajstić information content (AvgIpc) is 1.62. The lowest BCUT2D eigenvalue weighted by Gasteiger charge is -2.17. The molecule has 1 atom stereocenters. The number of Topliss-reactive ketones (excluding diaryl/α,β-unsaturated/α-hetero) is 1. The molecule has 0 bridgehead atoms.